The van der Waals surface area contributed by atoms with E-state index < -0.39 is 4.92 Å². The van der Waals surface area contributed by atoms with Gasteiger partial charge in [-0.1, -0.05) is 12.1 Å². The molecule has 0 aliphatic heterocycles. The molecule has 3 aromatic rings. The zero-order chi connectivity index (χ0) is 22.4. The summed E-state index contributed by atoms with van der Waals surface area (Å²) in [5.41, 5.74) is 2.51. The number of hydrogen-bond donors (Lipinski definition) is 1. The van der Waals surface area contributed by atoms with E-state index in [-0.39, 0.29) is 17.6 Å². The number of rotatable bonds is 9. The third-order valence-electron chi connectivity index (χ3n) is 4.71. The molecule has 0 spiro atoms. The summed E-state index contributed by atoms with van der Waals surface area (Å²) < 4.78 is 6.62. The molecule has 0 saturated heterocycles. The van der Waals surface area contributed by atoms with Crippen molar-refractivity contribution in [1.82, 2.24) is 15.1 Å². The van der Waals surface area contributed by atoms with Gasteiger partial charge in [0.2, 0.25) is 0 Å². The lowest BCUT2D eigenvalue weighted by Crippen LogP contribution is -2.26. The lowest BCUT2D eigenvalue weighted by atomic mass is 10.1. The first-order chi connectivity index (χ1) is 14.9. The Morgan fingerprint density at radius 3 is 2.52 bits per heavy atom. The van der Waals surface area contributed by atoms with E-state index in [1.54, 1.807) is 48.9 Å². The van der Waals surface area contributed by atoms with E-state index in [0.717, 1.165) is 16.2 Å². The lowest BCUT2D eigenvalue weighted by Gasteiger charge is -2.15. The van der Waals surface area contributed by atoms with E-state index >= 15 is 0 Å². The molecule has 8 nitrogen and oxygen atoms in total. The molecule has 0 radical (unpaired) electrons. The van der Waals surface area contributed by atoms with Crippen molar-refractivity contribution in [2.24, 2.45) is 7.05 Å². The summed E-state index contributed by atoms with van der Waals surface area (Å²) in [6.45, 7) is 2.62. The number of thioether (sulfide) groups is 1. The number of nitrogens with zero attached hydrogens (tertiary/aromatic N) is 3. The largest absolute Gasteiger partial charge is 0.384 e. The molecule has 162 valence electrons. The zero-order valence-electron chi connectivity index (χ0n) is 17.6. The maximum Gasteiger partial charge on any atom is 0.269 e. The average molecular weight is 441 g/mol. The molecule has 2 aromatic carbocycles. The Kier molecular flexibility index (Phi) is 7.43. The first kappa shape index (κ1) is 22.5. The highest BCUT2D eigenvalue weighted by Crippen LogP contribution is 2.26. The second-order valence-corrected chi connectivity index (χ2v) is 8.14. The van der Waals surface area contributed by atoms with Crippen molar-refractivity contribution < 1.29 is 14.5 Å². The third kappa shape index (κ3) is 5.71. The smallest absolute Gasteiger partial charge is 0.269 e. The van der Waals surface area contributed by atoms with Gasteiger partial charge in [0.1, 0.15) is 5.69 Å². The molecular formula is C22H24N4O4S. The van der Waals surface area contributed by atoms with Crippen molar-refractivity contribution in [3.05, 3.63) is 76.0 Å². The van der Waals surface area contributed by atoms with E-state index in [0.29, 0.717) is 23.4 Å². The number of aryl methyl sites for hydroxylation is 1. The number of benzene rings is 2. The molecule has 0 saturated carbocycles. The Morgan fingerprint density at radius 1 is 1.23 bits per heavy atom. The van der Waals surface area contributed by atoms with Crippen LogP contribution in [0.2, 0.25) is 0 Å². The molecule has 1 N–H and O–H groups in total. The zero-order valence-corrected chi connectivity index (χ0v) is 18.4. The maximum absolute atomic E-state index is 13.0. The Balaban J connectivity index is 1.72. The minimum atomic E-state index is -0.459. The fraction of sp³-hybridized carbons (Fsp3) is 0.273. The van der Waals surface area contributed by atoms with Gasteiger partial charge in [-0.25, -0.2) is 0 Å². The van der Waals surface area contributed by atoms with Crippen molar-refractivity contribution in [3.8, 4) is 11.3 Å². The first-order valence-electron chi connectivity index (χ1n) is 9.70. The Labute approximate surface area is 184 Å². The number of non-ortho nitro benzene ring substituents is 1. The van der Waals surface area contributed by atoms with Crippen LogP contribution in [-0.4, -0.2) is 40.1 Å². The van der Waals surface area contributed by atoms with Gasteiger partial charge < -0.3 is 10.1 Å². The number of ether oxygens (including phenoxy) is 1. The molecule has 1 heterocycles. The number of aromatic nitrogens is 2. The number of nitrogens with one attached hydrogen (secondary N) is 1. The minimum Gasteiger partial charge on any atom is -0.384 e. The summed E-state index contributed by atoms with van der Waals surface area (Å²) >= 11 is 1.72. The third-order valence-corrected chi connectivity index (χ3v) is 5.69. The summed E-state index contributed by atoms with van der Waals surface area (Å²) in [5.74, 6) is 0.627. The number of methoxy groups -OCH3 is 1. The monoisotopic (exact) mass is 440 g/mol. The van der Waals surface area contributed by atoms with Crippen molar-refractivity contribution in [1.29, 1.82) is 0 Å². The van der Waals surface area contributed by atoms with Gasteiger partial charge in [-0.2, -0.15) is 5.10 Å². The molecule has 1 aromatic heterocycles. The molecule has 31 heavy (non-hydrogen) atoms. The highest BCUT2D eigenvalue weighted by atomic mass is 32.2. The molecular weight excluding hydrogens is 416 g/mol. The van der Waals surface area contributed by atoms with Gasteiger partial charge in [-0.3, -0.25) is 19.6 Å². The Bertz CT molecular complexity index is 1050. The Hall–Kier alpha value is -3.17. The van der Waals surface area contributed by atoms with Crippen molar-refractivity contribution in [3.63, 3.8) is 0 Å². The van der Waals surface area contributed by atoms with Gasteiger partial charge in [-0.05, 0) is 36.8 Å². The summed E-state index contributed by atoms with van der Waals surface area (Å²) in [6, 6.07) is 13.9. The average Bonchev–Trinajstić information content (AvgIpc) is 3.16. The molecule has 9 heteroatoms. The summed E-state index contributed by atoms with van der Waals surface area (Å²) in [5, 5.41) is 18.3. The van der Waals surface area contributed by atoms with Gasteiger partial charge in [0.25, 0.3) is 11.6 Å². The van der Waals surface area contributed by atoms with Crippen LogP contribution in [0.15, 0.2) is 59.6 Å². The van der Waals surface area contributed by atoms with Crippen LogP contribution in [-0.2, 0) is 11.8 Å². The SMILES string of the molecule is COCCSc1ccc(C(C)NC(=O)c2cn(C)nc2-c2ccc([N+](=O)[O-])cc2)cc1. The first-order valence-corrected chi connectivity index (χ1v) is 10.7. The van der Waals surface area contributed by atoms with E-state index in [1.165, 1.54) is 12.1 Å². The maximum atomic E-state index is 13.0. The second-order valence-electron chi connectivity index (χ2n) is 6.97. The molecule has 1 amide bonds. The Morgan fingerprint density at radius 2 is 1.90 bits per heavy atom. The quantitative estimate of drug-likeness (QED) is 0.231. The van der Waals surface area contributed by atoms with Gasteiger partial charge in [0.05, 0.1) is 23.1 Å². The predicted octanol–water partition coefficient (Wildman–Crippen LogP) is 4.22. The van der Waals surface area contributed by atoms with E-state index in [9.17, 15) is 14.9 Å². The number of carbonyl (C=O) groups is 1. The van der Waals surface area contributed by atoms with Gasteiger partial charge in [-0.15, -0.1) is 11.8 Å². The predicted molar refractivity (Wildman–Crippen MR) is 120 cm³/mol. The summed E-state index contributed by atoms with van der Waals surface area (Å²) in [7, 11) is 3.42. The summed E-state index contributed by atoms with van der Waals surface area (Å²) in [4.78, 5) is 24.5. The molecule has 1 unspecified atom stereocenters. The molecule has 3 rings (SSSR count). The van der Waals surface area contributed by atoms with Crippen molar-refractivity contribution in [2.45, 2.75) is 17.9 Å². The van der Waals surface area contributed by atoms with Crippen LogP contribution >= 0.6 is 11.8 Å². The molecule has 0 fully saturated rings. The fourth-order valence-electron chi connectivity index (χ4n) is 3.06. The van der Waals surface area contributed by atoms with Crippen LogP contribution in [0.4, 0.5) is 5.69 Å². The number of nitro groups is 1. The van der Waals surface area contributed by atoms with Crippen LogP contribution in [0.1, 0.15) is 28.9 Å². The van der Waals surface area contributed by atoms with Crippen LogP contribution in [0.25, 0.3) is 11.3 Å². The van der Waals surface area contributed by atoms with Crippen LogP contribution in [0, 0.1) is 10.1 Å². The van der Waals surface area contributed by atoms with Crippen LogP contribution in [0.3, 0.4) is 0 Å². The molecule has 0 aliphatic rings. The van der Waals surface area contributed by atoms with E-state index in [1.807, 2.05) is 31.2 Å². The van der Waals surface area contributed by atoms with Crippen LogP contribution in [0.5, 0.6) is 0 Å². The van der Waals surface area contributed by atoms with E-state index in [4.69, 9.17) is 4.74 Å². The van der Waals surface area contributed by atoms with Crippen molar-refractivity contribution >= 4 is 23.4 Å². The van der Waals surface area contributed by atoms with E-state index in [2.05, 4.69) is 10.4 Å². The number of carbonyl (C=O) groups excluding carboxylic acids is 1. The molecule has 0 aliphatic carbocycles. The standard InChI is InChI=1S/C22H24N4O4S/c1-15(16-6-10-19(11-7-16)31-13-12-30-3)23-22(27)20-14-25(2)24-21(20)17-4-8-18(9-5-17)26(28)29/h4-11,14-15H,12-13H2,1-3H3,(H,23,27). The molecule has 1 atom stereocenters. The lowest BCUT2D eigenvalue weighted by molar-refractivity contribution is -0.384. The summed E-state index contributed by atoms with van der Waals surface area (Å²) in [6.07, 6.45) is 1.65. The van der Waals surface area contributed by atoms with Gasteiger partial charge in [0, 0.05) is 48.7 Å². The minimum absolute atomic E-state index is 0.0110. The van der Waals surface area contributed by atoms with Gasteiger partial charge in [0.15, 0.2) is 0 Å². The topological polar surface area (TPSA) is 99.3 Å². The fourth-order valence-corrected chi connectivity index (χ4v) is 3.88. The van der Waals surface area contributed by atoms with Crippen molar-refractivity contribution in [2.75, 3.05) is 19.5 Å². The number of nitro benzene ring substituents is 1. The second kappa shape index (κ2) is 10.2. The van der Waals surface area contributed by atoms with Crippen LogP contribution < -0.4 is 5.32 Å². The number of hydrogen-bond acceptors (Lipinski definition) is 6. The normalized spacial score (nSPS) is 11.8. The van der Waals surface area contributed by atoms with Gasteiger partial charge >= 0.3 is 0 Å². The highest BCUT2D eigenvalue weighted by molar-refractivity contribution is 7.99. The molecule has 0 bridgehead atoms. The number of amides is 1. The highest BCUT2D eigenvalue weighted by Gasteiger charge is 2.20.